The van der Waals surface area contributed by atoms with Crippen LogP contribution in [0.3, 0.4) is 0 Å². The third-order valence-corrected chi connectivity index (χ3v) is 6.65. The molecule has 9 heteroatoms. The number of carbonyl (C=O) groups is 2. The Balaban J connectivity index is 1.90. The van der Waals surface area contributed by atoms with Gasteiger partial charge in [-0.2, -0.15) is 0 Å². The average Bonchev–Trinajstić information content (AvgIpc) is 2.70. The minimum Gasteiger partial charge on any atom is -0.427 e. The Labute approximate surface area is 193 Å². The van der Waals surface area contributed by atoms with Gasteiger partial charge in [0, 0.05) is 31.1 Å². The van der Waals surface area contributed by atoms with Crippen molar-refractivity contribution in [2.75, 3.05) is 17.3 Å². The summed E-state index contributed by atoms with van der Waals surface area (Å²) in [7, 11) is -3.15. The lowest BCUT2D eigenvalue weighted by molar-refractivity contribution is -0.131. The van der Waals surface area contributed by atoms with E-state index < -0.39 is 27.3 Å². The molecule has 1 amide bonds. The molecule has 0 saturated carbocycles. The van der Waals surface area contributed by atoms with E-state index in [-0.39, 0.29) is 17.9 Å². The van der Waals surface area contributed by atoms with Crippen molar-refractivity contribution in [2.45, 2.75) is 58.4 Å². The molecule has 0 atom stereocenters. The van der Waals surface area contributed by atoms with Crippen LogP contribution in [-0.4, -0.2) is 36.9 Å². The maximum atomic E-state index is 13.3. The Morgan fingerprint density at radius 3 is 2.36 bits per heavy atom. The number of esters is 1. The number of nitrogens with zero attached hydrogens (tertiary/aromatic N) is 1. The number of hydrogen-bond donors (Lipinski definition) is 1. The summed E-state index contributed by atoms with van der Waals surface area (Å²) in [6.45, 7) is 1.56. The minimum absolute atomic E-state index is 0.0146. The number of sulfone groups is 1. The maximum Gasteiger partial charge on any atom is 0.308 e. The second-order valence-corrected chi connectivity index (χ2v) is 10.7. The van der Waals surface area contributed by atoms with Crippen LogP contribution >= 0.6 is 0 Å². The number of amides is 1. The summed E-state index contributed by atoms with van der Waals surface area (Å²) in [6.07, 6.45) is 7.13. The van der Waals surface area contributed by atoms with Crippen LogP contribution in [-0.2, 0) is 34.0 Å². The summed E-state index contributed by atoms with van der Waals surface area (Å²) in [5.74, 6) is -0.625. The van der Waals surface area contributed by atoms with Gasteiger partial charge in [-0.25, -0.2) is 8.42 Å². The number of aryl methyl sites for hydroxylation is 1. The minimum atomic E-state index is -3.15. The van der Waals surface area contributed by atoms with Gasteiger partial charge in [0.05, 0.1) is 5.75 Å². The predicted octanol–water partition coefficient (Wildman–Crippen LogP) is 3.12. The summed E-state index contributed by atoms with van der Waals surface area (Å²) < 4.78 is 29.7. The molecule has 2 aromatic rings. The Bertz CT molecular complexity index is 1180. The van der Waals surface area contributed by atoms with Crippen molar-refractivity contribution >= 4 is 27.4 Å². The molecule has 0 spiro atoms. The molecule has 1 N–H and O–H groups in total. The number of pyridine rings is 1. The second kappa shape index (κ2) is 10.8. The fraction of sp³-hybridized carbons (Fsp3) is 0.458. The van der Waals surface area contributed by atoms with Crippen LogP contribution in [0.4, 0.5) is 5.69 Å². The first kappa shape index (κ1) is 24.7. The molecular formula is C24H30N2O6S. The molecule has 1 aliphatic rings. The molecule has 1 aliphatic carbocycles. The zero-order chi connectivity index (χ0) is 24.0. The third kappa shape index (κ3) is 7.02. The number of rotatable bonds is 7. The molecule has 1 aromatic carbocycles. The zero-order valence-electron chi connectivity index (χ0n) is 19.1. The van der Waals surface area contributed by atoms with Crippen molar-refractivity contribution < 1.29 is 22.7 Å². The highest BCUT2D eigenvalue weighted by Gasteiger charge is 2.20. The Morgan fingerprint density at radius 1 is 1.06 bits per heavy atom. The lowest BCUT2D eigenvalue weighted by Crippen LogP contribution is -2.33. The number of nitrogens with one attached hydrogen (secondary N) is 1. The molecule has 3 rings (SSSR count). The number of benzene rings is 1. The quantitative estimate of drug-likeness (QED) is 0.488. The zero-order valence-corrected chi connectivity index (χ0v) is 19.9. The molecule has 0 saturated heterocycles. The summed E-state index contributed by atoms with van der Waals surface area (Å²) >= 11 is 0. The smallest absolute Gasteiger partial charge is 0.308 e. The van der Waals surface area contributed by atoms with E-state index in [1.807, 2.05) is 0 Å². The van der Waals surface area contributed by atoms with Gasteiger partial charge in [-0.1, -0.05) is 12.8 Å². The average molecular weight is 475 g/mol. The SMILES string of the molecule is CC(=O)Oc1ccc(NC(=O)c2cc3c(n(CCCS(C)(=O)=O)c2=O)CCCCCC3)cc1. The van der Waals surface area contributed by atoms with Crippen LogP contribution < -0.4 is 15.6 Å². The Hall–Kier alpha value is -2.94. The molecule has 178 valence electrons. The van der Waals surface area contributed by atoms with E-state index in [0.717, 1.165) is 49.8 Å². The summed E-state index contributed by atoms with van der Waals surface area (Å²) in [5, 5.41) is 2.73. The van der Waals surface area contributed by atoms with Crippen LogP contribution in [0.5, 0.6) is 5.75 Å². The van der Waals surface area contributed by atoms with Crippen LogP contribution in [0.1, 0.15) is 60.6 Å². The van der Waals surface area contributed by atoms with Crippen LogP contribution in [0.15, 0.2) is 35.1 Å². The lowest BCUT2D eigenvalue weighted by atomic mass is 9.95. The van der Waals surface area contributed by atoms with Gasteiger partial charge in [-0.15, -0.1) is 0 Å². The van der Waals surface area contributed by atoms with Gasteiger partial charge < -0.3 is 14.6 Å². The van der Waals surface area contributed by atoms with Crippen molar-refractivity contribution in [3.05, 3.63) is 57.5 Å². The number of carbonyl (C=O) groups excluding carboxylic acids is 2. The van der Waals surface area contributed by atoms with Gasteiger partial charge in [0.15, 0.2) is 0 Å². The van der Waals surface area contributed by atoms with Crippen molar-refractivity contribution in [3.63, 3.8) is 0 Å². The van der Waals surface area contributed by atoms with E-state index in [2.05, 4.69) is 5.32 Å². The predicted molar refractivity (Wildman–Crippen MR) is 127 cm³/mol. The number of anilines is 1. The summed E-state index contributed by atoms with van der Waals surface area (Å²) in [4.78, 5) is 37.4. The Kier molecular flexibility index (Phi) is 8.07. The van der Waals surface area contributed by atoms with Crippen LogP contribution in [0.25, 0.3) is 0 Å². The fourth-order valence-electron chi connectivity index (χ4n) is 4.09. The molecule has 33 heavy (non-hydrogen) atoms. The molecule has 1 aromatic heterocycles. The van der Waals surface area contributed by atoms with E-state index >= 15 is 0 Å². The van der Waals surface area contributed by atoms with E-state index in [0.29, 0.717) is 17.9 Å². The van der Waals surface area contributed by atoms with Crippen molar-refractivity contribution in [1.82, 2.24) is 4.57 Å². The maximum absolute atomic E-state index is 13.3. The topological polar surface area (TPSA) is 112 Å². The standard InChI is InChI=1S/C24H30N2O6S/c1-17(27)32-20-12-10-19(11-13-20)25-23(28)21-16-18-8-5-3-4-6-9-22(18)26(24(21)29)14-7-15-33(2,30)31/h10-13,16H,3-9,14-15H2,1-2H3,(H,25,28). The first-order valence-corrected chi connectivity index (χ1v) is 13.2. The third-order valence-electron chi connectivity index (χ3n) is 5.62. The van der Waals surface area contributed by atoms with E-state index in [1.165, 1.54) is 13.2 Å². The number of aromatic nitrogens is 1. The second-order valence-electron chi connectivity index (χ2n) is 8.46. The first-order valence-electron chi connectivity index (χ1n) is 11.2. The van der Waals surface area contributed by atoms with Crippen LogP contribution in [0, 0.1) is 0 Å². The van der Waals surface area contributed by atoms with Gasteiger partial charge >= 0.3 is 5.97 Å². The fourth-order valence-corrected chi connectivity index (χ4v) is 4.74. The van der Waals surface area contributed by atoms with Crippen molar-refractivity contribution in [1.29, 1.82) is 0 Å². The highest BCUT2D eigenvalue weighted by molar-refractivity contribution is 7.90. The molecule has 0 aliphatic heterocycles. The van der Waals surface area contributed by atoms with Gasteiger partial charge in [0.1, 0.15) is 21.2 Å². The molecular weight excluding hydrogens is 444 g/mol. The molecule has 0 fully saturated rings. The summed E-state index contributed by atoms with van der Waals surface area (Å²) in [6, 6.07) is 7.99. The number of ether oxygens (including phenoxy) is 1. The molecule has 0 radical (unpaired) electrons. The largest absolute Gasteiger partial charge is 0.427 e. The molecule has 0 bridgehead atoms. The normalized spacial score (nSPS) is 14.0. The highest BCUT2D eigenvalue weighted by atomic mass is 32.2. The molecule has 1 heterocycles. The highest BCUT2D eigenvalue weighted by Crippen LogP contribution is 2.22. The van der Waals surface area contributed by atoms with Gasteiger partial charge in [0.25, 0.3) is 11.5 Å². The molecule has 0 unspecified atom stereocenters. The van der Waals surface area contributed by atoms with Crippen LogP contribution in [0.2, 0.25) is 0 Å². The van der Waals surface area contributed by atoms with Crippen molar-refractivity contribution in [2.24, 2.45) is 0 Å². The Morgan fingerprint density at radius 2 is 1.73 bits per heavy atom. The van der Waals surface area contributed by atoms with Gasteiger partial charge in [-0.05, 0) is 68.0 Å². The first-order chi connectivity index (χ1) is 15.6. The number of hydrogen-bond acceptors (Lipinski definition) is 6. The van der Waals surface area contributed by atoms with E-state index in [9.17, 15) is 22.8 Å². The van der Waals surface area contributed by atoms with E-state index in [4.69, 9.17) is 4.74 Å². The monoisotopic (exact) mass is 474 g/mol. The van der Waals surface area contributed by atoms with Gasteiger partial charge in [0.2, 0.25) is 0 Å². The van der Waals surface area contributed by atoms with E-state index in [1.54, 1.807) is 34.9 Å². The lowest BCUT2D eigenvalue weighted by Gasteiger charge is -2.21. The number of fused-ring (bicyclic) bond motifs is 1. The summed E-state index contributed by atoms with van der Waals surface area (Å²) in [5.41, 5.74) is 1.99. The van der Waals surface area contributed by atoms with Gasteiger partial charge in [-0.3, -0.25) is 14.4 Å². The molecule has 8 nitrogen and oxygen atoms in total. The van der Waals surface area contributed by atoms with Crippen molar-refractivity contribution in [3.8, 4) is 5.75 Å².